The van der Waals surface area contributed by atoms with Crippen molar-refractivity contribution in [1.29, 1.82) is 0 Å². The first-order chi connectivity index (χ1) is 7.77. The molecule has 0 aliphatic carbocycles. The van der Waals surface area contributed by atoms with Gasteiger partial charge in [0.25, 0.3) is 0 Å². The lowest BCUT2D eigenvalue weighted by atomic mass is 10.2. The van der Waals surface area contributed by atoms with Crippen molar-refractivity contribution in [2.75, 3.05) is 0 Å². The van der Waals surface area contributed by atoms with E-state index in [1.54, 1.807) is 42.6 Å². The highest BCUT2D eigenvalue weighted by Crippen LogP contribution is 2.12. The number of rotatable bonds is 3. The van der Waals surface area contributed by atoms with Crippen molar-refractivity contribution in [3.8, 4) is 0 Å². The maximum absolute atomic E-state index is 13.3. The van der Waals surface area contributed by atoms with E-state index in [1.165, 1.54) is 6.07 Å². The highest BCUT2D eigenvalue weighted by molar-refractivity contribution is 7.84. The second-order valence-corrected chi connectivity index (χ2v) is 4.65. The summed E-state index contributed by atoms with van der Waals surface area (Å²) in [7, 11) is -1.30. The molecule has 0 N–H and O–H groups in total. The lowest BCUT2D eigenvalue weighted by Gasteiger charge is -2.02. The topological polar surface area (TPSA) is 30.0 Å². The molecule has 1 atom stereocenters. The molecule has 0 aliphatic heterocycles. The van der Waals surface area contributed by atoms with Gasteiger partial charge in [0.15, 0.2) is 0 Å². The van der Waals surface area contributed by atoms with E-state index in [0.29, 0.717) is 10.6 Å². The summed E-state index contributed by atoms with van der Waals surface area (Å²) in [5.74, 6) is -0.171. The molecule has 82 valence electrons. The fourth-order valence-electron chi connectivity index (χ4n) is 1.31. The summed E-state index contributed by atoms with van der Waals surface area (Å²) in [6, 6.07) is 11.5. The van der Waals surface area contributed by atoms with E-state index in [1.807, 2.05) is 0 Å². The molecule has 4 heteroatoms. The minimum Gasteiger partial charge on any atom is -0.252 e. The van der Waals surface area contributed by atoms with E-state index < -0.39 is 10.8 Å². The van der Waals surface area contributed by atoms with Crippen LogP contribution in [0.4, 0.5) is 4.39 Å². The molecule has 1 aromatic heterocycles. The van der Waals surface area contributed by atoms with E-state index in [4.69, 9.17) is 0 Å². The molecule has 0 aliphatic rings. The van der Waals surface area contributed by atoms with E-state index in [-0.39, 0.29) is 11.6 Å². The first-order valence-corrected chi connectivity index (χ1v) is 6.12. The quantitative estimate of drug-likeness (QED) is 0.818. The molecule has 16 heavy (non-hydrogen) atoms. The van der Waals surface area contributed by atoms with Crippen LogP contribution in [0.3, 0.4) is 0 Å². The van der Waals surface area contributed by atoms with Gasteiger partial charge in [-0.25, -0.2) is 9.37 Å². The van der Waals surface area contributed by atoms with Gasteiger partial charge in [-0.3, -0.25) is 4.21 Å². The molecule has 0 radical (unpaired) electrons. The van der Waals surface area contributed by atoms with Crippen molar-refractivity contribution < 1.29 is 8.60 Å². The molecule has 1 aromatic carbocycles. The Balaban J connectivity index is 2.18. The maximum atomic E-state index is 13.3. The molecular formula is C12H10FNOS. The summed E-state index contributed by atoms with van der Waals surface area (Å²) in [5, 5.41) is 0.478. The molecule has 1 unspecified atom stereocenters. The zero-order valence-electron chi connectivity index (χ0n) is 8.47. The summed E-state index contributed by atoms with van der Waals surface area (Å²) < 4.78 is 25.2. The lowest BCUT2D eigenvalue weighted by Crippen LogP contribution is -2.00. The third-order valence-electron chi connectivity index (χ3n) is 2.12. The van der Waals surface area contributed by atoms with Crippen molar-refractivity contribution in [3.63, 3.8) is 0 Å². The Morgan fingerprint density at radius 3 is 2.56 bits per heavy atom. The van der Waals surface area contributed by atoms with Crippen molar-refractivity contribution in [2.24, 2.45) is 0 Å². The third kappa shape index (κ3) is 2.52. The molecule has 2 aromatic rings. The van der Waals surface area contributed by atoms with Crippen LogP contribution in [0.25, 0.3) is 0 Å². The van der Waals surface area contributed by atoms with E-state index >= 15 is 0 Å². The largest absolute Gasteiger partial charge is 0.252 e. The predicted octanol–water partition coefficient (Wildman–Crippen LogP) is 2.53. The van der Waals surface area contributed by atoms with Gasteiger partial charge in [-0.1, -0.05) is 24.3 Å². The Kier molecular flexibility index (Phi) is 3.41. The van der Waals surface area contributed by atoms with Gasteiger partial charge in [0, 0.05) is 11.8 Å². The Hall–Kier alpha value is -1.55. The van der Waals surface area contributed by atoms with Crippen molar-refractivity contribution in [3.05, 3.63) is 60.0 Å². The van der Waals surface area contributed by atoms with Gasteiger partial charge in [-0.05, 0) is 18.2 Å². The monoisotopic (exact) mass is 235 g/mol. The van der Waals surface area contributed by atoms with Crippen molar-refractivity contribution >= 4 is 10.8 Å². The van der Waals surface area contributed by atoms with Crippen molar-refractivity contribution in [2.45, 2.75) is 10.8 Å². The highest BCUT2D eigenvalue weighted by atomic mass is 32.2. The number of halogens is 1. The molecule has 0 bridgehead atoms. The summed E-state index contributed by atoms with van der Waals surface area (Å²) in [4.78, 5) is 3.98. The predicted molar refractivity (Wildman–Crippen MR) is 60.7 cm³/mol. The zero-order valence-corrected chi connectivity index (χ0v) is 9.28. The van der Waals surface area contributed by atoms with Crippen LogP contribution in [0, 0.1) is 5.82 Å². The summed E-state index contributed by atoms with van der Waals surface area (Å²) in [6.45, 7) is 0. The molecule has 0 spiro atoms. The normalized spacial score (nSPS) is 12.3. The number of hydrogen-bond donors (Lipinski definition) is 0. The highest BCUT2D eigenvalue weighted by Gasteiger charge is 2.08. The van der Waals surface area contributed by atoms with Gasteiger partial charge in [0.1, 0.15) is 10.8 Å². The van der Waals surface area contributed by atoms with Crippen LogP contribution in [0.5, 0.6) is 0 Å². The average molecular weight is 235 g/mol. The lowest BCUT2D eigenvalue weighted by molar-refractivity contribution is 0.615. The van der Waals surface area contributed by atoms with Crippen LogP contribution in [0.15, 0.2) is 53.7 Å². The number of benzene rings is 1. The molecule has 2 nitrogen and oxygen atoms in total. The van der Waals surface area contributed by atoms with Crippen LogP contribution in [0.2, 0.25) is 0 Å². The Morgan fingerprint density at radius 1 is 1.12 bits per heavy atom. The number of nitrogens with zero attached hydrogens (tertiary/aromatic N) is 1. The molecule has 0 amide bonds. The molecule has 0 saturated heterocycles. The van der Waals surface area contributed by atoms with Gasteiger partial charge >= 0.3 is 0 Å². The first kappa shape index (κ1) is 11.0. The average Bonchev–Trinajstić information content (AvgIpc) is 2.33. The SMILES string of the molecule is O=S(Cc1ccccc1F)c1ccccn1. The Labute approximate surface area is 95.6 Å². The van der Waals surface area contributed by atoms with Crippen LogP contribution in [-0.2, 0) is 16.6 Å². The van der Waals surface area contributed by atoms with Crippen LogP contribution in [-0.4, -0.2) is 9.19 Å². The maximum Gasteiger partial charge on any atom is 0.127 e. The van der Waals surface area contributed by atoms with Gasteiger partial charge in [0.05, 0.1) is 16.6 Å². The summed E-state index contributed by atoms with van der Waals surface area (Å²) >= 11 is 0. The number of pyridine rings is 1. The summed E-state index contributed by atoms with van der Waals surface area (Å²) in [5.41, 5.74) is 0.450. The van der Waals surface area contributed by atoms with Gasteiger partial charge in [-0.15, -0.1) is 0 Å². The molecule has 0 saturated carbocycles. The second-order valence-electron chi connectivity index (χ2n) is 3.25. The van der Waals surface area contributed by atoms with Crippen LogP contribution < -0.4 is 0 Å². The van der Waals surface area contributed by atoms with E-state index in [2.05, 4.69) is 4.98 Å². The number of hydrogen-bond acceptors (Lipinski definition) is 2. The number of aromatic nitrogens is 1. The fraction of sp³-hybridized carbons (Fsp3) is 0.0833. The van der Waals surface area contributed by atoms with Crippen LogP contribution >= 0.6 is 0 Å². The smallest absolute Gasteiger partial charge is 0.127 e. The Bertz CT molecular complexity index is 501. The van der Waals surface area contributed by atoms with Gasteiger partial charge < -0.3 is 0 Å². The second kappa shape index (κ2) is 4.99. The molecule has 2 rings (SSSR count). The van der Waals surface area contributed by atoms with Crippen LogP contribution in [0.1, 0.15) is 5.56 Å². The summed E-state index contributed by atoms with van der Waals surface area (Å²) in [6.07, 6.45) is 1.58. The van der Waals surface area contributed by atoms with E-state index in [9.17, 15) is 8.60 Å². The zero-order chi connectivity index (χ0) is 11.4. The standard InChI is InChI=1S/C12H10FNOS/c13-11-6-2-1-5-10(11)9-16(15)12-7-3-4-8-14-12/h1-8H,9H2. The molecule has 1 heterocycles. The minimum absolute atomic E-state index is 0.156. The van der Waals surface area contributed by atoms with Gasteiger partial charge in [-0.2, -0.15) is 0 Å². The molecule has 0 fully saturated rings. The van der Waals surface area contributed by atoms with Gasteiger partial charge in [0.2, 0.25) is 0 Å². The third-order valence-corrected chi connectivity index (χ3v) is 3.40. The first-order valence-electron chi connectivity index (χ1n) is 4.80. The minimum atomic E-state index is -1.30. The van der Waals surface area contributed by atoms with E-state index in [0.717, 1.165) is 0 Å². The van der Waals surface area contributed by atoms with Crippen molar-refractivity contribution in [1.82, 2.24) is 4.98 Å². The molecular weight excluding hydrogens is 225 g/mol. The Morgan fingerprint density at radius 2 is 1.88 bits per heavy atom. The fourth-order valence-corrected chi connectivity index (χ4v) is 2.39.